The fraction of sp³-hybridized carbons (Fsp3) is 0.750. The molecule has 112 valence electrons. The predicted molar refractivity (Wildman–Crippen MR) is 80.0 cm³/mol. The van der Waals surface area contributed by atoms with Gasteiger partial charge in [0.05, 0.1) is 5.69 Å². The monoisotopic (exact) mass is 316 g/mol. The summed E-state index contributed by atoms with van der Waals surface area (Å²) in [7, 11) is -3.45. The molecule has 3 rings (SSSR count). The fourth-order valence-electron chi connectivity index (χ4n) is 2.57. The number of anilines is 1. The van der Waals surface area contributed by atoms with Crippen LogP contribution in [0, 0.1) is 5.92 Å². The van der Waals surface area contributed by atoms with Crippen molar-refractivity contribution in [1.29, 1.82) is 0 Å². The smallest absolute Gasteiger partial charge is 0.303 e. The van der Waals surface area contributed by atoms with Crippen LogP contribution in [0.15, 0.2) is 0 Å². The molecule has 0 aliphatic carbocycles. The maximum Gasteiger partial charge on any atom is 0.303 e. The number of nitrogens with one attached hydrogen (secondary N) is 2. The number of thiazole rings is 1. The molecule has 0 aromatic carbocycles. The molecule has 0 radical (unpaired) electrons. The van der Waals surface area contributed by atoms with Gasteiger partial charge in [-0.3, -0.25) is 0 Å². The van der Waals surface area contributed by atoms with Gasteiger partial charge in [-0.2, -0.15) is 12.7 Å². The van der Waals surface area contributed by atoms with E-state index >= 15 is 0 Å². The number of fused-ring (bicyclic) bond motifs is 1. The van der Waals surface area contributed by atoms with Crippen molar-refractivity contribution < 1.29 is 8.42 Å². The fourth-order valence-corrected chi connectivity index (χ4v) is 4.97. The Morgan fingerprint density at radius 3 is 2.85 bits per heavy atom. The standard InChI is InChI=1S/C12H20N4O2S2/c1-9-3-6-16(7-4-9)20(17,18)15-12-14-10-2-5-13-8-11(10)19-12/h9,13H,2-8H2,1H3,(H,14,15). The van der Waals surface area contributed by atoms with Gasteiger partial charge in [0.1, 0.15) is 0 Å². The van der Waals surface area contributed by atoms with E-state index in [4.69, 9.17) is 0 Å². The maximum absolute atomic E-state index is 12.3. The van der Waals surface area contributed by atoms with Crippen molar-refractivity contribution in [3.8, 4) is 0 Å². The van der Waals surface area contributed by atoms with E-state index < -0.39 is 10.2 Å². The van der Waals surface area contributed by atoms with Gasteiger partial charge < -0.3 is 5.32 Å². The van der Waals surface area contributed by atoms with E-state index in [1.165, 1.54) is 15.6 Å². The molecule has 8 heteroatoms. The highest BCUT2D eigenvalue weighted by molar-refractivity contribution is 7.90. The van der Waals surface area contributed by atoms with Crippen LogP contribution in [0.2, 0.25) is 0 Å². The SMILES string of the molecule is CC1CCN(S(=O)(=O)Nc2nc3c(s2)CNCC3)CC1. The first-order valence-corrected chi connectivity index (χ1v) is 9.27. The molecule has 0 amide bonds. The lowest BCUT2D eigenvalue weighted by atomic mass is 10.0. The van der Waals surface area contributed by atoms with Gasteiger partial charge in [0.2, 0.25) is 0 Å². The van der Waals surface area contributed by atoms with Crippen LogP contribution < -0.4 is 10.0 Å². The molecule has 0 saturated carbocycles. The molecule has 2 aliphatic heterocycles. The largest absolute Gasteiger partial charge is 0.311 e. The van der Waals surface area contributed by atoms with Crippen LogP contribution in [0.3, 0.4) is 0 Å². The van der Waals surface area contributed by atoms with Gasteiger partial charge in [-0.15, -0.1) is 0 Å². The summed E-state index contributed by atoms with van der Waals surface area (Å²) in [5, 5.41) is 3.77. The molecule has 3 heterocycles. The summed E-state index contributed by atoms with van der Waals surface area (Å²) in [6.45, 7) is 5.06. The van der Waals surface area contributed by atoms with Crippen molar-refractivity contribution in [2.45, 2.75) is 32.7 Å². The van der Waals surface area contributed by atoms with Gasteiger partial charge in [-0.05, 0) is 18.8 Å². The van der Waals surface area contributed by atoms with Crippen LogP contribution in [-0.2, 0) is 23.2 Å². The third kappa shape index (κ3) is 2.98. The van der Waals surface area contributed by atoms with E-state index in [0.29, 0.717) is 24.1 Å². The Hall–Kier alpha value is -0.700. The summed E-state index contributed by atoms with van der Waals surface area (Å²) in [6, 6.07) is 0. The molecule has 1 fully saturated rings. The highest BCUT2D eigenvalue weighted by Crippen LogP contribution is 2.27. The van der Waals surface area contributed by atoms with Crippen LogP contribution in [0.1, 0.15) is 30.3 Å². The lowest BCUT2D eigenvalue weighted by molar-refractivity contribution is 0.289. The van der Waals surface area contributed by atoms with Crippen LogP contribution in [0.4, 0.5) is 5.13 Å². The Balaban J connectivity index is 1.71. The molecule has 1 aromatic heterocycles. The quantitative estimate of drug-likeness (QED) is 0.878. The van der Waals surface area contributed by atoms with Crippen molar-refractivity contribution in [2.75, 3.05) is 24.4 Å². The molecule has 2 aliphatic rings. The lowest BCUT2D eigenvalue weighted by Crippen LogP contribution is -2.41. The summed E-state index contributed by atoms with van der Waals surface area (Å²) >= 11 is 1.44. The molecular formula is C12H20N4O2S2. The van der Waals surface area contributed by atoms with Crippen molar-refractivity contribution in [1.82, 2.24) is 14.6 Å². The van der Waals surface area contributed by atoms with Gasteiger partial charge in [0, 0.05) is 37.5 Å². The van der Waals surface area contributed by atoms with Crippen LogP contribution in [-0.4, -0.2) is 37.3 Å². The number of aromatic nitrogens is 1. The lowest BCUT2D eigenvalue weighted by Gasteiger charge is -2.29. The first-order valence-electron chi connectivity index (χ1n) is 7.02. The van der Waals surface area contributed by atoms with Gasteiger partial charge in [-0.1, -0.05) is 18.3 Å². The van der Waals surface area contributed by atoms with Crippen molar-refractivity contribution in [2.24, 2.45) is 5.92 Å². The minimum absolute atomic E-state index is 0.498. The van der Waals surface area contributed by atoms with E-state index in [2.05, 4.69) is 21.9 Å². The van der Waals surface area contributed by atoms with Crippen molar-refractivity contribution in [3.05, 3.63) is 10.6 Å². The zero-order valence-corrected chi connectivity index (χ0v) is 13.2. The molecule has 2 N–H and O–H groups in total. The zero-order chi connectivity index (χ0) is 14.2. The third-order valence-corrected chi connectivity index (χ3v) is 6.54. The number of hydrogen-bond donors (Lipinski definition) is 2. The van der Waals surface area contributed by atoms with E-state index in [9.17, 15) is 8.42 Å². The molecular weight excluding hydrogens is 296 g/mol. The third-order valence-electron chi connectivity index (χ3n) is 3.90. The molecule has 0 atom stereocenters. The van der Waals surface area contributed by atoms with Gasteiger partial charge in [-0.25, -0.2) is 9.71 Å². The molecule has 20 heavy (non-hydrogen) atoms. The summed E-state index contributed by atoms with van der Waals surface area (Å²) < 4.78 is 28.9. The zero-order valence-electron chi connectivity index (χ0n) is 11.6. The van der Waals surface area contributed by atoms with Gasteiger partial charge >= 0.3 is 10.2 Å². The number of piperidine rings is 1. The molecule has 0 bridgehead atoms. The topological polar surface area (TPSA) is 74.3 Å². The Morgan fingerprint density at radius 1 is 1.40 bits per heavy atom. The van der Waals surface area contributed by atoms with E-state index in [0.717, 1.165) is 42.9 Å². The molecule has 1 saturated heterocycles. The van der Waals surface area contributed by atoms with E-state index in [1.54, 1.807) is 0 Å². The summed E-state index contributed by atoms with van der Waals surface area (Å²) in [6.07, 6.45) is 2.73. The maximum atomic E-state index is 12.3. The Kier molecular flexibility index (Phi) is 3.98. The Labute approximate surface area is 123 Å². The normalized spacial score (nSPS) is 21.6. The van der Waals surface area contributed by atoms with E-state index in [-0.39, 0.29) is 0 Å². The highest BCUT2D eigenvalue weighted by atomic mass is 32.2. The average Bonchev–Trinajstić information content (AvgIpc) is 2.80. The second kappa shape index (κ2) is 5.59. The Bertz CT molecular complexity index is 553. The molecule has 0 spiro atoms. The average molecular weight is 316 g/mol. The minimum atomic E-state index is -3.45. The van der Waals surface area contributed by atoms with Crippen LogP contribution in [0.5, 0.6) is 0 Å². The summed E-state index contributed by atoms with van der Waals surface area (Å²) in [5.41, 5.74) is 1.03. The minimum Gasteiger partial charge on any atom is -0.311 e. The molecule has 1 aromatic rings. The molecule has 0 unspecified atom stereocenters. The second-order valence-electron chi connectivity index (χ2n) is 5.50. The predicted octanol–water partition coefficient (Wildman–Crippen LogP) is 1.18. The van der Waals surface area contributed by atoms with Gasteiger partial charge in [0.25, 0.3) is 0 Å². The van der Waals surface area contributed by atoms with Crippen molar-refractivity contribution in [3.63, 3.8) is 0 Å². The second-order valence-corrected chi connectivity index (χ2v) is 8.26. The molecule has 6 nitrogen and oxygen atoms in total. The summed E-state index contributed by atoms with van der Waals surface area (Å²) in [5.74, 6) is 0.611. The highest BCUT2D eigenvalue weighted by Gasteiger charge is 2.27. The van der Waals surface area contributed by atoms with Crippen LogP contribution in [0.25, 0.3) is 0 Å². The van der Waals surface area contributed by atoms with Crippen molar-refractivity contribution >= 4 is 26.7 Å². The first kappa shape index (κ1) is 14.2. The number of hydrogen-bond acceptors (Lipinski definition) is 5. The van der Waals surface area contributed by atoms with E-state index in [1.807, 2.05) is 0 Å². The van der Waals surface area contributed by atoms with Crippen LogP contribution >= 0.6 is 11.3 Å². The number of rotatable bonds is 3. The summed E-state index contributed by atoms with van der Waals surface area (Å²) in [4.78, 5) is 5.55. The number of nitrogens with zero attached hydrogens (tertiary/aromatic N) is 2. The van der Waals surface area contributed by atoms with Gasteiger partial charge in [0.15, 0.2) is 5.13 Å². The Morgan fingerprint density at radius 2 is 2.15 bits per heavy atom. The first-order chi connectivity index (χ1) is 9.54.